The Morgan fingerprint density at radius 1 is 0.388 bits per heavy atom. The number of rotatable bonds is 3. The Balaban J connectivity index is 1.20. The number of benzene rings is 8. The van der Waals surface area contributed by atoms with Crippen molar-refractivity contribution in [2.45, 2.75) is 0 Å². The van der Waals surface area contributed by atoms with E-state index in [1.54, 1.807) is 0 Å². The molecule has 0 radical (unpaired) electrons. The van der Waals surface area contributed by atoms with E-state index in [-0.39, 0.29) is 0 Å². The Morgan fingerprint density at radius 2 is 0.980 bits per heavy atom. The molecule has 0 unspecified atom stereocenters. The molecule has 3 aromatic heterocycles. The van der Waals surface area contributed by atoms with Crippen LogP contribution in [0.1, 0.15) is 0 Å². The van der Waals surface area contributed by atoms with Crippen LogP contribution < -0.4 is 0 Å². The molecular weight excluding hydrogens is 617 g/mol. The van der Waals surface area contributed by atoms with Gasteiger partial charge < -0.3 is 8.83 Å². The van der Waals surface area contributed by atoms with Crippen LogP contribution in [0.2, 0.25) is 0 Å². The van der Waals surface area contributed by atoms with E-state index in [1.807, 2.05) is 29.5 Å². The van der Waals surface area contributed by atoms with Crippen molar-refractivity contribution in [1.29, 1.82) is 0 Å². The van der Waals surface area contributed by atoms with Crippen LogP contribution in [-0.4, -0.2) is 0 Å². The molecule has 2 nitrogen and oxygen atoms in total. The van der Waals surface area contributed by atoms with Crippen LogP contribution in [0.3, 0.4) is 0 Å². The van der Waals surface area contributed by atoms with Gasteiger partial charge >= 0.3 is 0 Å². The van der Waals surface area contributed by atoms with Crippen molar-refractivity contribution >= 4 is 86.0 Å². The minimum atomic E-state index is 0.856. The van der Waals surface area contributed by atoms with Gasteiger partial charge in [-0.1, -0.05) is 127 Å². The molecule has 0 amide bonds. The topological polar surface area (TPSA) is 26.3 Å². The quantitative estimate of drug-likeness (QED) is 0.179. The molecule has 0 fully saturated rings. The summed E-state index contributed by atoms with van der Waals surface area (Å²) in [5.74, 6) is 0.859. The number of fused-ring (bicyclic) bond motifs is 9. The molecule has 0 N–H and O–H groups in total. The molecule has 0 atom stereocenters. The average Bonchev–Trinajstić information content (AvgIpc) is 3.86. The fourth-order valence-corrected chi connectivity index (χ4v) is 9.10. The highest BCUT2D eigenvalue weighted by Crippen LogP contribution is 2.49. The largest absolute Gasteiger partial charge is 0.456 e. The molecule has 0 saturated carbocycles. The van der Waals surface area contributed by atoms with Crippen LogP contribution in [0, 0.1) is 0 Å². The zero-order valence-electron chi connectivity index (χ0n) is 26.2. The highest BCUT2D eigenvalue weighted by Gasteiger charge is 2.22. The lowest BCUT2D eigenvalue weighted by molar-refractivity contribution is 0.631. The first-order valence-corrected chi connectivity index (χ1v) is 17.4. The lowest BCUT2D eigenvalue weighted by Crippen LogP contribution is -1.91. The molecular formula is C46H26O2S. The van der Waals surface area contributed by atoms with Crippen LogP contribution in [-0.2, 0) is 0 Å². The predicted octanol–water partition coefficient (Wildman–Crippen LogP) is 14.0. The number of hydrogen-bond donors (Lipinski definition) is 0. The van der Waals surface area contributed by atoms with Gasteiger partial charge in [0.25, 0.3) is 0 Å². The van der Waals surface area contributed by atoms with Gasteiger partial charge in [-0.25, -0.2) is 0 Å². The van der Waals surface area contributed by atoms with E-state index in [2.05, 4.69) is 140 Å². The zero-order valence-corrected chi connectivity index (χ0v) is 27.1. The Hall–Kier alpha value is -6.16. The van der Waals surface area contributed by atoms with Gasteiger partial charge in [0.05, 0.1) is 0 Å². The van der Waals surface area contributed by atoms with Gasteiger partial charge in [-0.3, -0.25) is 0 Å². The maximum absolute atomic E-state index is 6.83. The molecule has 0 spiro atoms. The molecule has 0 saturated heterocycles. The van der Waals surface area contributed by atoms with Crippen molar-refractivity contribution in [2.75, 3.05) is 0 Å². The van der Waals surface area contributed by atoms with Crippen LogP contribution in [0.25, 0.3) is 108 Å². The third kappa shape index (κ3) is 3.88. The zero-order chi connectivity index (χ0) is 32.1. The molecule has 0 aliphatic carbocycles. The Kier molecular flexibility index (Phi) is 5.57. The van der Waals surface area contributed by atoms with Crippen molar-refractivity contribution in [1.82, 2.24) is 0 Å². The third-order valence-electron chi connectivity index (χ3n) is 10.1. The highest BCUT2D eigenvalue weighted by molar-refractivity contribution is 7.25. The standard InChI is InChI=1S/C46H26O2S/c1-2-12-27(13-3-1)38-24-28-25-40-37(26-39(28)47-38)33-19-10-21-36(46(33)48-40)44-31-16-6-4-14-29(31)43(30-15-5-7-17-32(30)44)35-20-11-23-42-45(35)34-18-8-9-22-41(34)49-42/h1-26H. The molecule has 3 heterocycles. The lowest BCUT2D eigenvalue weighted by Gasteiger charge is -2.18. The first kappa shape index (κ1) is 26.9. The number of furan rings is 2. The predicted molar refractivity (Wildman–Crippen MR) is 208 cm³/mol. The van der Waals surface area contributed by atoms with Gasteiger partial charge in [0.1, 0.15) is 22.5 Å². The Morgan fingerprint density at radius 3 is 1.73 bits per heavy atom. The first-order chi connectivity index (χ1) is 24.3. The SMILES string of the molecule is c1ccc(-c2cc3cc4oc5c(-c6c7ccccc7c(-c7cccc8sc9ccccc9c78)c7ccccc67)cccc5c4cc3o2)cc1. The van der Waals surface area contributed by atoms with Gasteiger partial charge in [0.2, 0.25) is 0 Å². The first-order valence-electron chi connectivity index (χ1n) is 16.6. The summed E-state index contributed by atoms with van der Waals surface area (Å²) in [7, 11) is 0. The second-order valence-corrected chi connectivity index (χ2v) is 13.8. The van der Waals surface area contributed by atoms with Gasteiger partial charge in [-0.2, -0.15) is 0 Å². The van der Waals surface area contributed by atoms with Gasteiger partial charge in [0, 0.05) is 53.0 Å². The van der Waals surface area contributed by atoms with Crippen molar-refractivity contribution < 1.29 is 8.83 Å². The van der Waals surface area contributed by atoms with E-state index in [1.165, 1.54) is 58.4 Å². The van der Waals surface area contributed by atoms with Crippen LogP contribution in [0.5, 0.6) is 0 Å². The summed E-state index contributed by atoms with van der Waals surface area (Å²) in [5.41, 5.74) is 8.50. The van der Waals surface area contributed by atoms with Crippen LogP contribution >= 0.6 is 11.3 Å². The monoisotopic (exact) mass is 642 g/mol. The lowest BCUT2D eigenvalue weighted by atomic mass is 9.84. The number of thiophene rings is 1. The number of hydrogen-bond acceptors (Lipinski definition) is 3. The normalized spacial score (nSPS) is 12.1. The Bertz CT molecular complexity index is 3050. The summed E-state index contributed by atoms with van der Waals surface area (Å²) in [5, 5.41) is 10.7. The summed E-state index contributed by atoms with van der Waals surface area (Å²) in [6.45, 7) is 0. The van der Waals surface area contributed by atoms with Crippen molar-refractivity contribution in [3.63, 3.8) is 0 Å². The smallest absolute Gasteiger partial charge is 0.143 e. The van der Waals surface area contributed by atoms with Crippen molar-refractivity contribution in [3.8, 4) is 33.6 Å². The fourth-order valence-electron chi connectivity index (χ4n) is 7.96. The third-order valence-corrected chi connectivity index (χ3v) is 11.2. The van der Waals surface area contributed by atoms with Gasteiger partial charge in [0.15, 0.2) is 0 Å². The maximum atomic E-state index is 6.83. The van der Waals surface area contributed by atoms with E-state index >= 15 is 0 Å². The maximum Gasteiger partial charge on any atom is 0.143 e. The van der Waals surface area contributed by atoms with Crippen LogP contribution in [0.4, 0.5) is 0 Å². The van der Waals surface area contributed by atoms with Gasteiger partial charge in [-0.05, 0) is 63.0 Å². The van der Waals surface area contributed by atoms with E-state index in [0.717, 1.165) is 49.8 Å². The molecule has 0 bridgehead atoms. The fraction of sp³-hybridized carbons (Fsp3) is 0. The second-order valence-electron chi connectivity index (χ2n) is 12.8. The second kappa shape index (κ2) is 10.2. The molecule has 0 aliphatic heterocycles. The summed E-state index contributed by atoms with van der Waals surface area (Å²) in [4.78, 5) is 0. The average molecular weight is 643 g/mol. The Labute approximate surface area is 285 Å². The highest BCUT2D eigenvalue weighted by atomic mass is 32.1. The van der Waals surface area contributed by atoms with E-state index in [9.17, 15) is 0 Å². The summed E-state index contributed by atoms with van der Waals surface area (Å²) in [6, 6.07) is 56.4. The minimum absolute atomic E-state index is 0.856. The van der Waals surface area contributed by atoms with Gasteiger partial charge in [-0.15, -0.1) is 11.3 Å². The molecule has 11 aromatic rings. The summed E-state index contributed by atoms with van der Waals surface area (Å²) < 4.78 is 15.8. The molecule has 0 aliphatic rings. The summed E-state index contributed by atoms with van der Waals surface area (Å²) in [6.07, 6.45) is 0. The van der Waals surface area contributed by atoms with Crippen molar-refractivity contribution in [3.05, 3.63) is 158 Å². The molecule has 3 heteroatoms. The molecule has 49 heavy (non-hydrogen) atoms. The molecule has 8 aromatic carbocycles. The van der Waals surface area contributed by atoms with Crippen LogP contribution in [0.15, 0.2) is 167 Å². The summed E-state index contributed by atoms with van der Waals surface area (Å²) >= 11 is 1.87. The van der Waals surface area contributed by atoms with E-state index in [4.69, 9.17) is 8.83 Å². The van der Waals surface area contributed by atoms with Crippen molar-refractivity contribution in [2.24, 2.45) is 0 Å². The number of para-hydroxylation sites is 1. The van der Waals surface area contributed by atoms with E-state index in [0.29, 0.717) is 0 Å². The molecule has 11 rings (SSSR count). The van der Waals surface area contributed by atoms with E-state index < -0.39 is 0 Å². The minimum Gasteiger partial charge on any atom is -0.456 e. The molecule has 228 valence electrons.